The Balaban J connectivity index is 2.35. The first kappa shape index (κ1) is 16.7. The summed E-state index contributed by atoms with van der Waals surface area (Å²) in [5.41, 5.74) is 0. The number of aliphatic hydroxyl groups is 2. The molecule has 1 heterocycles. The van der Waals surface area contributed by atoms with Crippen molar-refractivity contribution in [2.24, 2.45) is 0 Å². The quantitative estimate of drug-likeness (QED) is 0.458. The molecule has 3 atom stereocenters. The van der Waals surface area contributed by atoms with Gasteiger partial charge in [0.25, 0.3) is 0 Å². The van der Waals surface area contributed by atoms with Crippen LogP contribution in [0.15, 0.2) is 0 Å². The first-order chi connectivity index (χ1) is 9.52. The van der Waals surface area contributed by atoms with E-state index in [9.17, 15) is 14.7 Å². The Morgan fingerprint density at radius 3 is 2.85 bits per heavy atom. The van der Waals surface area contributed by atoms with Gasteiger partial charge in [-0.2, -0.15) is 0 Å². The van der Waals surface area contributed by atoms with E-state index in [4.69, 9.17) is 10.2 Å². The summed E-state index contributed by atoms with van der Waals surface area (Å²) >= 11 is 0. The lowest BCUT2D eigenvalue weighted by atomic mass is 9.99. The number of amides is 2. The van der Waals surface area contributed by atoms with Crippen LogP contribution in [0, 0.1) is 0 Å². The highest BCUT2D eigenvalue weighted by molar-refractivity contribution is 5.76. The number of aliphatic hydroxyl groups excluding tert-OH is 2. The third-order valence-electron chi connectivity index (χ3n) is 3.60. The summed E-state index contributed by atoms with van der Waals surface area (Å²) in [6.07, 6.45) is 2.97. The van der Waals surface area contributed by atoms with Gasteiger partial charge in [-0.25, -0.2) is 4.79 Å². The maximum Gasteiger partial charge on any atom is 0.404 e. The van der Waals surface area contributed by atoms with E-state index >= 15 is 0 Å². The van der Waals surface area contributed by atoms with Gasteiger partial charge in [0.15, 0.2) is 0 Å². The van der Waals surface area contributed by atoms with Crippen molar-refractivity contribution in [3.8, 4) is 0 Å². The van der Waals surface area contributed by atoms with Gasteiger partial charge < -0.3 is 26.0 Å². The van der Waals surface area contributed by atoms with Crippen molar-refractivity contribution in [1.29, 1.82) is 0 Å². The van der Waals surface area contributed by atoms with Crippen LogP contribution >= 0.6 is 0 Å². The summed E-state index contributed by atoms with van der Waals surface area (Å²) in [7, 11) is 0. The van der Waals surface area contributed by atoms with Crippen molar-refractivity contribution in [3.63, 3.8) is 0 Å². The fourth-order valence-electron chi connectivity index (χ4n) is 2.50. The van der Waals surface area contributed by atoms with Gasteiger partial charge in [0, 0.05) is 12.5 Å². The Labute approximate surface area is 118 Å². The molecule has 5 N–H and O–H groups in total. The monoisotopic (exact) mass is 288 g/mol. The Hall–Kier alpha value is -1.34. The second-order valence-electron chi connectivity index (χ2n) is 5.25. The first-order valence-corrected chi connectivity index (χ1v) is 7.10. The fourth-order valence-corrected chi connectivity index (χ4v) is 2.50. The number of hydrogen-bond donors (Lipinski definition) is 5. The molecule has 1 rings (SSSR count). The first-order valence-electron chi connectivity index (χ1n) is 7.10. The van der Waals surface area contributed by atoms with Gasteiger partial charge in [0.1, 0.15) is 0 Å². The molecule has 116 valence electrons. The highest BCUT2D eigenvalue weighted by Gasteiger charge is 2.21. The minimum absolute atomic E-state index is 0.0723. The van der Waals surface area contributed by atoms with Crippen LogP contribution in [0.25, 0.3) is 0 Å². The molecule has 1 aliphatic heterocycles. The molecule has 7 heteroatoms. The Kier molecular flexibility index (Phi) is 7.32. The molecule has 0 aliphatic carbocycles. The molecular formula is C13H24N2O5. The van der Waals surface area contributed by atoms with E-state index < -0.39 is 24.8 Å². The minimum atomic E-state index is -1.22. The molecule has 1 saturated heterocycles. The van der Waals surface area contributed by atoms with Crippen molar-refractivity contribution in [1.82, 2.24) is 10.6 Å². The highest BCUT2D eigenvalue weighted by atomic mass is 16.4. The molecule has 0 radical (unpaired) electrons. The van der Waals surface area contributed by atoms with Crippen molar-refractivity contribution >= 4 is 12.0 Å². The number of rotatable bonds is 7. The molecule has 3 unspecified atom stereocenters. The second kappa shape index (κ2) is 8.76. The molecular weight excluding hydrogens is 264 g/mol. The van der Waals surface area contributed by atoms with Crippen LogP contribution in [-0.4, -0.2) is 52.1 Å². The predicted molar refractivity (Wildman–Crippen MR) is 72.3 cm³/mol. The van der Waals surface area contributed by atoms with Gasteiger partial charge in [0.2, 0.25) is 5.91 Å². The Morgan fingerprint density at radius 1 is 1.45 bits per heavy atom. The summed E-state index contributed by atoms with van der Waals surface area (Å²) in [5.74, 6) is 0.0723. The van der Waals surface area contributed by atoms with E-state index in [1.807, 2.05) is 0 Å². The summed E-state index contributed by atoms with van der Waals surface area (Å²) in [4.78, 5) is 22.0. The maximum atomic E-state index is 11.4. The maximum absolute atomic E-state index is 11.4. The smallest absolute Gasteiger partial charge is 0.404 e. The zero-order valence-corrected chi connectivity index (χ0v) is 11.5. The minimum Gasteiger partial charge on any atom is -0.465 e. The van der Waals surface area contributed by atoms with Gasteiger partial charge in [0.05, 0.1) is 18.8 Å². The zero-order valence-electron chi connectivity index (χ0n) is 11.5. The standard InChI is InChI=1S/C13H24N2O5/c16-8-11(17)10(15-13(19)20)6-3-5-9-4-1-2-7-12(18)14-9/h9-11,15-17H,1-8H2,(H,14,18)(H,19,20). The lowest BCUT2D eigenvalue weighted by Gasteiger charge is -2.22. The highest BCUT2D eigenvalue weighted by Crippen LogP contribution is 2.15. The van der Waals surface area contributed by atoms with Crippen LogP contribution < -0.4 is 10.6 Å². The van der Waals surface area contributed by atoms with Gasteiger partial charge in [-0.1, -0.05) is 6.42 Å². The molecule has 0 saturated carbocycles. The molecule has 0 bridgehead atoms. The molecule has 0 aromatic carbocycles. The zero-order chi connectivity index (χ0) is 15.0. The average molecular weight is 288 g/mol. The second-order valence-corrected chi connectivity index (χ2v) is 5.25. The van der Waals surface area contributed by atoms with Crippen LogP contribution in [-0.2, 0) is 4.79 Å². The Bertz CT molecular complexity index is 324. The third kappa shape index (κ3) is 6.21. The van der Waals surface area contributed by atoms with Crippen molar-refractivity contribution in [2.75, 3.05) is 6.61 Å². The topological polar surface area (TPSA) is 119 Å². The van der Waals surface area contributed by atoms with Gasteiger partial charge in [-0.15, -0.1) is 0 Å². The number of hydrogen-bond acceptors (Lipinski definition) is 4. The van der Waals surface area contributed by atoms with Gasteiger partial charge in [-0.3, -0.25) is 4.79 Å². The lowest BCUT2D eigenvalue weighted by molar-refractivity contribution is -0.121. The number of nitrogens with one attached hydrogen (secondary N) is 2. The van der Waals surface area contributed by atoms with Crippen molar-refractivity contribution in [2.45, 2.75) is 63.1 Å². The van der Waals surface area contributed by atoms with Crippen LogP contribution in [0.1, 0.15) is 44.9 Å². The van der Waals surface area contributed by atoms with Gasteiger partial charge >= 0.3 is 6.09 Å². The molecule has 1 fully saturated rings. The largest absolute Gasteiger partial charge is 0.465 e. The molecule has 0 aromatic rings. The SMILES string of the molecule is O=C(O)NC(CCCC1CCCCC(=O)N1)C(O)CO. The number of carboxylic acid groups (broad SMARTS) is 1. The van der Waals surface area contributed by atoms with Crippen molar-refractivity contribution in [3.05, 3.63) is 0 Å². The van der Waals surface area contributed by atoms with Crippen LogP contribution in [0.2, 0.25) is 0 Å². The average Bonchev–Trinajstić information content (AvgIpc) is 2.60. The van der Waals surface area contributed by atoms with E-state index in [0.717, 1.165) is 25.7 Å². The van der Waals surface area contributed by atoms with E-state index in [0.29, 0.717) is 19.3 Å². The van der Waals surface area contributed by atoms with E-state index in [1.165, 1.54) is 0 Å². The molecule has 20 heavy (non-hydrogen) atoms. The predicted octanol–water partition coefficient (Wildman–Crippen LogP) is 0.205. The summed E-state index contributed by atoms with van der Waals surface area (Å²) in [5, 5.41) is 32.3. The molecule has 1 aliphatic rings. The molecule has 7 nitrogen and oxygen atoms in total. The van der Waals surface area contributed by atoms with E-state index in [-0.39, 0.29) is 11.9 Å². The molecule has 2 amide bonds. The summed E-state index contributed by atoms with van der Waals surface area (Å²) in [6, 6.07) is -0.555. The lowest BCUT2D eigenvalue weighted by Crippen LogP contribution is -2.44. The van der Waals surface area contributed by atoms with Crippen LogP contribution in [0.3, 0.4) is 0 Å². The third-order valence-corrected chi connectivity index (χ3v) is 3.60. The van der Waals surface area contributed by atoms with E-state index in [2.05, 4.69) is 10.6 Å². The normalized spacial score (nSPS) is 22.5. The Morgan fingerprint density at radius 2 is 2.20 bits per heavy atom. The fraction of sp³-hybridized carbons (Fsp3) is 0.846. The number of carbonyl (C=O) groups excluding carboxylic acids is 1. The van der Waals surface area contributed by atoms with E-state index in [1.54, 1.807) is 0 Å². The van der Waals surface area contributed by atoms with Crippen LogP contribution in [0.5, 0.6) is 0 Å². The summed E-state index contributed by atoms with van der Waals surface area (Å²) < 4.78 is 0. The van der Waals surface area contributed by atoms with Gasteiger partial charge in [-0.05, 0) is 32.1 Å². The molecule has 0 spiro atoms. The molecule has 0 aromatic heterocycles. The number of carbonyl (C=O) groups is 2. The van der Waals surface area contributed by atoms with Crippen molar-refractivity contribution < 1.29 is 24.9 Å². The summed E-state index contributed by atoms with van der Waals surface area (Å²) in [6.45, 7) is -0.481. The van der Waals surface area contributed by atoms with Crippen LogP contribution in [0.4, 0.5) is 4.79 Å².